The van der Waals surface area contributed by atoms with Crippen molar-refractivity contribution in [3.63, 3.8) is 0 Å². The fourth-order valence-electron chi connectivity index (χ4n) is 3.64. The van der Waals surface area contributed by atoms with Crippen LogP contribution < -0.4 is 0 Å². The largest absolute Gasteiger partial charge is 0.376 e. The number of aromatic amines is 1. The lowest BCUT2D eigenvalue weighted by Gasteiger charge is -2.24. The van der Waals surface area contributed by atoms with Gasteiger partial charge in [-0.3, -0.25) is 5.10 Å². The summed E-state index contributed by atoms with van der Waals surface area (Å²) in [5.41, 5.74) is 0.939. The summed E-state index contributed by atoms with van der Waals surface area (Å²) in [6.07, 6.45) is 1.63. The van der Waals surface area contributed by atoms with E-state index >= 15 is 0 Å². The van der Waals surface area contributed by atoms with Gasteiger partial charge in [-0.2, -0.15) is 10.2 Å². The first-order valence-electron chi connectivity index (χ1n) is 9.06. The molecular weight excluding hydrogens is 374 g/mol. The van der Waals surface area contributed by atoms with Crippen molar-refractivity contribution >= 4 is 21.8 Å². The molecule has 0 radical (unpaired) electrons. The summed E-state index contributed by atoms with van der Waals surface area (Å²) in [6.45, 7) is -1.02. The van der Waals surface area contributed by atoms with E-state index in [0.717, 1.165) is 10.9 Å². The molecule has 0 spiro atoms. The fraction of sp³-hybridized carbons (Fsp3) is 0.0909. The normalized spacial score (nSPS) is 13.8. The topological polar surface area (TPSA) is 66.7 Å². The summed E-state index contributed by atoms with van der Waals surface area (Å²) in [4.78, 5) is 0. The van der Waals surface area contributed by atoms with Crippen LogP contribution in [0.3, 0.4) is 0 Å². The van der Waals surface area contributed by atoms with Crippen LogP contribution in [-0.2, 0) is 5.60 Å². The average Bonchev–Trinajstić information content (AvgIpc) is 3.38. The Balaban J connectivity index is 1.63. The highest BCUT2D eigenvalue weighted by molar-refractivity contribution is 5.84. The van der Waals surface area contributed by atoms with E-state index in [-0.39, 0.29) is 5.82 Å². The molecule has 3 aromatic carbocycles. The first-order chi connectivity index (χ1) is 14.1. The van der Waals surface area contributed by atoms with Crippen LogP contribution in [0.5, 0.6) is 0 Å². The van der Waals surface area contributed by atoms with Gasteiger partial charge in [0.2, 0.25) is 0 Å². The number of aliphatic hydroxyl groups is 1. The van der Waals surface area contributed by atoms with Crippen molar-refractivity contribution in [3.8, 4) is 5.69 Å². The molecule has 0 amide bonds. The second-order valence-electron chi connectivity index (χ2n) is 6.92. The molecular formula is C22H16F2N4O. The molecule has 0 aliphatic carbocycles. The first-order valence-corrected chi connectivity index (χ1v) is 9.06. The molecule has 144 valence electrons. The summed E-state index contributed by atoms with van der Waals surface area (Å²) in [6, 6.07) is 18.4. The smallest absolute Gasteiger partial charge is 0.160 e. The lowest BCUT2D eigenvalue weighted by atomic mass is 9.89. The van der Waals surface area contributed by atoms with Crippen LogP contribution in [0.4, 0.5) is 8.78 Å². The van der Waals surface area contributed by atoms with Crippen LogP contribution in [0.2, 0.25) is 0 Å². The number of H-pyrrole nitrogens is 1. The Morgan fingerprint density at radius 3 is 2.62 bits per heavy atom. The van der Waals surface area contributed by atoms with Crippen LogP contribution >= 0.6 is 0 Å². The molecule has 0 saturated carbocycles. The lowest BCUT2D eigenvalue weighted by molar-refractivity contribution is 0.0491. The standard InChI is InChI=1S/C22H16F2N4O/c23-13-22(29,21-18-3-1-2-4-19(18)26-27-21)15-5-10-20-14(11-15)12-25-28(20)17-8-6-16(24)7-9-17/h1-12,29H,13H2,(H,26,27). The van der Waals surface area contributed by atoms with Crippen molar-refractivity contribution in [1.82, 2.24) is 20.0 Å². The van der Waals surface area contributed by atoms with E-state index in [2.05, 4.69) is 15.3 Å². The van der Waals surface area contributed by atoms with Crippen molar-refractivity contribution in [1.29, 1.82) is 0 Å². The Morgan fingerprint density at radius 1 is 1.03 bits per heavy atom. The van der Waals surface area contributed by atoms with Crippen LogP contribution in [0.15, 0.2) is 72.9 Å². The van der Waals surface area contributed by atoms with Gasteiger partial charge in [0.25, 0.3) is 0 Å². The van der Waals surface area contributed by atoms with Crippen molar-refractivity contribution < 1.29 is 13.9 Å². The van der Waals surface area contributed by atoms with Crippen molar-refractivity contribution in [2.24, 2.45) is 0 Å². The molecule has 1 unspecified atom stereocenters. The monoisotopic (exact) mass is 390 g/mol. The zero-order valence-electron chi connectivity index (χ0n) is 15.2. The van der Waals surface area contributed by atoms with E-state index in [0.29, 0.717) is 27.8 Å². The number of benzene rings is 3. The maximum absolute atomic E-state index is 14.2. The zero-order chi connectivity index (χ0) is 20.0. The summed E-state index contributed by atoms with van der Waals surface area (Å²) in [7, 11) is 0. The Bertz CT molecular complexity index is 1330. The van der Waals surface area contributed by atoms with E-state index < -0.39 is 12.3 Å². The molecule has 29 heavy (non-hydrogen) atoms. The summed E-state index contributed by atoms with van der Waals surface area (Å²) in [5, 5.41) is 24.0. The average molecular weight is 390 g/mol. The molecule has 2 aromatic heterocycles. The molecule has 5 rings (SSSR count). The SMILES string of the molecule is OC(CF)(c1ccc2c(cnn2-c2ccc(F)cc2)c1)c1[nH]nc2ccccc12. The van der Waals surface area contributed by atoms with Gasteiger partial charge in [0.15, 0.2) is 5.60 Å². The Morgan fingerprint density at radius 2 is 1.83 bits per heavy atom. The summed E-state index contributed by atoms with van der Waals surface area (Å²) < 4.78 is 29.0. The number of aromatic nitrogens is 4. The Labute approximate surface area is 164 Å². The van der Waals surface area contributed by atoms with E-state index in [1.165, 1.54) is 12.1 Å². The van der Waals surface area contributed by atoms with Crippen molar-refractivity contribution in [2.45, 2.75) is 5.60 Å². The zero-order valence-corrected chi connectivity index (χ0v) is 15.2. The Kier molecular flexibility index (Phi) is 3.92. The highest BCUT2D eigenvalue weighted by Gasteiger charge is 2.35. The molecule has 5 nitrogen and oxygen atoms in total. The predicted octanol–water partition coefficient (Wildman–Crippen LogP) is 4.25. The van der Waals surface area contributed by atoms with Gasteiger partial charge >= 0.3 is 0 Å². The molecule has 1 atom stereocenters. The predicted molar refractivity (Wildman–Crippen MR) is 106 cm³/mol. The summed E-state index contributed by atoms with van der Waals surface area (Å²) >= 11 is 0. The maximum atomic E-state index is 14.2. The quantitative estimate of drug-likeness (QED) is 0.482. The van der Waals surface area contributed by atoms with Crippen LogP contribution in [0.25, 0.3) is 27.5 Å². The number of hydrogen-bond donors (Lipinski definition) is 2. The molecule has 7 heteroatoms. The number of fused-ring (bicyclic) bond motifs is 2. The number of halogens is 2. The number of para-hydroxylation sites is 1. The fourth-order valence-corrected chi connectivity index (χ4v) is 3.64. The molecule has 0 fully saturated rings. The highest BCUT2D eigenvalue weighted by atomic mass is 19.1. The lowest BCUT2D eigenvalue weighted by Crippen LogP contribution is -2.30. The number of nitrogens with one attached hydrogen (secondary N) is 1. The third kappa shape index (κ3) is 2.70. The second-order valence-corrected chi connectivity index (χ2v) is 6.92. The van der Waals surface area contributed by atoms with Crippen molar-refractivity contribution in [3.05, 3.63) is 90.0 Å². The first kappa shape index (κ1) is 17.5. The van der Waals surface area contributed by atoms with Gasteiger partial charge in [0.05, 0.1) is 28.6 Å². The van der Waals surface area contributed by atoms with E-state index in [9.17, 15) is 13.9 Å². The third-order valence-corrected chi connectivity index (χ3v) is 5.19. The minimum Gasteiger partial charge on any atom is -0.376 e. The number of hydrogen-bond acceptors (Lipinski definition) is 3. The molecule has 0 aliphatic rings. The minimum atomic E-state index is -1.87. The van der Waals surface area contributed by atoms with Gasteiger partial charge in [-0.1, -0.05) is 24.3 Å². The summed E-state index contributed by atoms with van der Waals surface area (Å²) in [5.74, 6) is -0.327. The van der Waals surface area contributed by atoms with Gasteiger partial charge < -0.3 is 5.11 Å². The van der Waals surface area contributed by atoms with Crippen LogP contribution in [0.1, 0.15) is 11.3 Å². The van der Waals surface area contributed by atoms with Crippen LogP contribution in [0, 0.1) is 5.82 Å². The van der Waals surface area contributed by atoms with Gasteiger partial charge in [0.1, 0.15) is 12.5 Å². The van der Waals surface area contributed by atoms with Gasteiger partial charge in [0, 0.05) is 10.8 Å². The number of nitrogens with zero attached hydrogens (tertiary/aromatic N) is 3. The molecule has 5 aromatic rings. The van der Waals surface area contributed by atoms with E-state index in [1.54, 1.807) is 53.3 Å². The Hall–Kier alpha value is -3.58. The third-order valence-electron chi connectivity index (χ3n) is 5.19. The maximum Gasteiger partial charge on any atom is 0.160 e. The van der Waals surface area contributed by atoms with E-state index in [4.69, 9.17) is 0 Å². The van der Waals surface area contributed by atoms with Gasteiger partial charge in [-0.15, -0.1) is 0 Å². The number of rotatable bonds is 4. The molecule has 0 saturated heterocycles. The van der Waals surface area contributed by atoms with Gasteiger partial charge in [-0.05, 0) is 48.0 Å². The molecule has 0 bridgehead atoms. The second kappa shape index (κ2) is 6.49. The number of alkyl halides is 1. The highest BCUT2D eigenvalue weighted by Crippen LogP contribution is 2.35. The minimum absolute atomic E-state index is 0.306. The molecule has 2 heterocycles. The van der Waals surface area contributed by atoms with Crippen LogP contribution in [-0.4, -0.2) is 31.8 Å². The van der Waals surface area contributed by atoms with Gasteiger partial charge in [-0.25, -0.2) is 13.5 Å². The molecule has 2 N–H and O–H groups in total. The van der Waals surface area contributed by atoms with Crippen molar-refractivity contribution in [2.75, 3.05) is 6.67 Å². The molecule has 0 aliphatic heterocycles. The van der Waals surface area contributed by atoms with E-state index in [1.807, 2.05) is 12.1 Å².